The minimum atomic E-state index is -0.302. The molecule has 1 aromatic carbocycles. The van der Waals surface area contributed by atoms with Crippen LogP contribution in [0.25, 0.3) is 0 Å². The van der Waals surface area contributed by atoms with Gasteiger partial charge in [0, 0.05) is 12.0 Å². The molecule has 0 fully saturated rings. The normalized spacial score (nSPS) is 10.8. The van der Waals surface area contributed by atoms with E-state index >= 15 is 0 Å². The summed E-state index contributed by atoms with van der Waals surface area (Å²) in [6, 6.07) is 6.74. The highest BCUT2D eigenvalue weighted by atomic mass is 19.1. The monoisotopic (exact) mass is 248 g/mol. The van der Waals surface area contributed by atoms with Crippen molar-refractivity contribution in [2.45, 2.75) is 32.6 Å². The van der Waals surface area contributed by atoms with E-state index in [-0.39, 0.29) is 23.6 Å². The Hall–Kier alpha value is -1.89. The number of benzene rings is 1. The van der Waals surface area contributed by atoms with E-state index in [0.29, 0.717) is 12.1 Å². The maximum atomic E-state index is 13.2. The highest BCUT2D eigenvalue weighted by Crippen LogP contribution is 2.24. The number of aryl methyl sites for hydroxylation is 1. The Morgan fingerprint density at radius 3 is 2.72 bits per heavy atom. The molecule has 0 unspecified atom stereocenters. The Morgan fingerprint density at radius 1 is 1.50 bits per heavy atom. The molecular formula is C14H17FN2O. The number of hydrogen-bond acceptors (Lipinski definition) is 2. The first-order valence-electron chi connectivity index (χ1n) is 5.77. The highest BCUT2D eigenvalue weighted by molar-refractivity contribution is 5.78. The van der Waals surface area contributed by atoms with E-state index in [1.54, 1.807) is 25.1 Å². The second kappa shape index (κ2) is 5.63. The van der Waals surface area contributed by atoms with Crippen LogP contribution in [0, 0.1) is 24.1 Å². The molecule has 0 saturated heterocycles. The number of amides is 1. The van der Waals surface area contributed by atoms with Crippen molar-refractivity contribution in [2.24, 2.45) is 0 Å². The minimum absolute atomic E-state index is 0.140. The van der Waals surface area contributed by atoms with Gasteiger partial charge >= 0.3 is 0 Å². The van der Waals surface area contributed by atoms with Crippen LogP contribution in [0.3, 0.4) is 0 Å². The molecule has 1 rings (SSSR count). The summed E-state index contributed by atoms with van der Waals surface area (Å²) in [6.45, 7) is 6.06. The van der Waals surface area contributed by atoms with E-state index in [2.05, 4.69) is 5.32 Å². The van der Waals surface area contributed by atoms with Gasteiger partial charge < -0.3 is 5.32 Å². The summed E-state index contributed by atoms with van der Waals surface area (Å²) in [6.07, 6.45) is -0.140. The second-order valence-electron chi connectivity index (χ2n) is 4.96. The molecule has 0 aromatic heterocycles. The van der Waals surface area contributed by atoms with Gasteiger partial charge in [0.15, 0.2) is 0 Å². The van der Waals surface area contributed by atoms with Gasteiger partial charge in [-0.1, -0.05) is 26.0 Å². The molecule has 1 N–H and O–H groups in total. The third-order valence-corrected chi connectivity index (χ3v) is 2.91. The Morgan fingerprint density at radius 2 is 2.17 bits per heavy atom. The van der Waals surface area contributed by atoms with Gasteiger partial charge in [-0.25, -0.2) is 4.39 Å². The molecule has 3 nitrogen and oxygen atoms in total. The Balaban J connectivity index is 2.76. The van der Waals surface area contributed by atoms with E-state index < -0.39 is 0 Å². The number of nitriles is 1. The van der Waals surface area contributed by atoms with Crippen LogP contribution < -0.4 is 5.32 Å². The fraction of sp³-hybridized carbons (Fsp3) is 0.429. The quantitative estimate of drug-likeness (QED) is 0.889. The lowest BCUT2D eigenvalue weighted by molar-refractivity contribution is -0.120. The van der Waals surface area contributed by atoms with E-state index in [0.717, 1.165) is 5.56 Å². The topological polar surface area (TPSA) is 52.9 Å². The van der Waals surface area contributed by atoms with Gasteiger partial charge in [-0.2, -0.15) is 5.26 Å². The number of halogens is 1. The molecule has 0 aliphatic carbocycles. The molecular weight excluding hydrogens is 231 g/mol. The van der Waals surface area contributed by atoms with E-state index in [1.165, 1.54) is 6.07 Å². The van der Waals surface area contributed by atoms with Crippen molar-refractivity contribution in [3.8, 4) is 6.07 Å². The minimum Gasteiger partial charge on any atom is -0.354 e. The van der Waals surface area contributed by atoms with Crippen LogP contribution in [0.2, 0.25) is 0 Å². The molecule has 96 valence electrons. The molecule has 0 bridgehead atoms. The van der Waals surface area contributed by atoms with Gasteiger partial charge in [0.05, 0.1) is 6.07 Å². The molecule has 0 atom stereocenters. The van der Waals surface area contributed by atoms with Gasteiger partial charge in [0.2, 0.25) is 5.91 Å². The van der Waals surface area contributed by atoms with Crippen LogP contribution in [0.5, 0.6) is 0 Å². The molecule has 18 heavy (non-hydrogen) atoms. The number of carbonyl (C=O) groups is 1. The average Bonchev–Trinajstić information content (AvgIpc) is 2.30. The summed E-state index contributed by atoms with van der Waals surface area (Å²) in [5.74, 6) is -0.521. The van der Waals surface area contributed by atoms with Gasteiger partial charge in [0.25, 0.3) is 0 Å². The van der Waals surface area contributed by atoms with Crippen molar-refractivity contribution in [3.63, 3.8) is 0 Å². The van der Waals surface area contributed by atoms with Crippen LogP contribution in [0.15, 0.2) is 18.2 Å². The number of nitrogens with zero attached hydrogens (tertiary/aromatic N) is 1. The summed E-state index contributed by atoms with van der Waals surface area (Å²) in [4.78, 5) is 11.2. The molecule has 4 heteroatoms. The first-order chi connectivity index (χ1) is 8.36. The molecule has 0 heterocycles. The first kappa shape index (κ1) is 14.2. The summed E-state index contributed by atoms with van der Waals surface area (Å²) in [5, 5.41) is 11.1. The Bertz CT molecular complexity index is 489. The van der Waals surface area contributed by atoms with Crippen molar-refractivity contribution in [2.75, 3.05) is 6.54 Å². The molecule has 0 spiro atoms. The smallest absolute Gasteiger partial charge is 0.234 e. The lowest BCUT2D eigenvalue weighted by Gasteiger charge is -2.26. The van der Waals surface area contributed by atoms with Crippen molar-refractivity contribution in [1.29, 1.82) is 5.26 Å². The van der Waals surface area contributed by atoms with E-state index in [1.807, 2.05) is 13.8 Å². The molecule has 1 amide bonds. The van der Waals surface area contributed by atoms with E-state index in [4.69, 9.17) is 5.26 Å². The fourth-order valence-electron chi connectivity index (χ4n) is 1.62. The molecule has 0 saturated carbocycles. The van der Waals surface area contributed by atoms with Crippen molar-refractivity contribution >= 4 is 5.91 Å². The van der Waals surface area contributed by atoms with Gasteiger partial charge in [0.1, 0.15) is 12.2 Å². The van der Waals surface area contributed by atoms with Gasteiger partial charge in [-0.3, -0.25) is 4.79 Å². The first-order valence-corrected chi connectivity index (χ1v) is 5.77. The lowest BCUT2D eigenvalue weighted by Crippen LogP contribution is -2.36. The van der Waals surface area contributed by atoms with Crippen molar-refractivity contribution < 1.29 is 9.18 Å². The Labute approximate surface area is 107 Å². The van der Waals surface area contributed by atoms with Crippen molar-refractivity contribution in [1.82, 2.24) is 5.32 Å². The number of carbonyl (C=O) groups excluding carboxylic acids is 1. The van der Waals surface area contributed by atoms with Gasteiger partial charge in [-0.05, 0) is 24.1 Å². The number of hydrogen-bond donors (Lipinski definition) is 1. The molecule has 1 aromatic rings. The second-order valence-corrected chi connectivity index (χ2v) is 4.96. The van der Waals surface area contributed by atoms with Gasteiger partial charge in [-0.15, -0.1) is 0 Å². The summed E-state index contributed by atoms with van der Waals surface area (Å²) < 4.78 is 13.2. The van der Waals surface area contributed by atoms with E-state index in [9.17, 15) is 9.18 Å². The predicted molar refractivity (Wildman–Crippen MR) is 67.4 cm³/mol. The molecule has 0 radical (unpaired) electrons. The lowest BCUT2D eigenvalue weighted by atomic mass is 9.84. The standard InChI is InChI=1S/C14H17FN2O/c1-10-8-11(4-5-12(10)15)14(2,3)9-17-13(18)6-7-16/h4-5,8H,6,9H2,1-3H3,(H,17,18). The maximum absolute atomic E-state index is 13.2. The number of nitrogens with one attached hydrogen (secondary N) is 1. The van der Waals surface area contributed by atoms with Crippen molar-refractivity contribution in [3.05, 3.63) is 35.1 Å². The summed E-state index contributed by atoms with van der Waals surface area (Å²) in [5.41, 5.74) is 1.24. The predicted octanol–water partition coefficient (Wildman–Crippen LogP) is 2.44. The third-order valence-electron chi connectivity index (χ3n) is 2.91. The third kappa shape index (κ3) is 3.56. The summed E-state index contributed by atoms with van der Waals surface area (Å²) >= 11 is 0. The van der Waals surface area contributed by atoms with Crippen LogP contribution in [0.4, 0.5) is 4.39 Å². The van der Waals surface area contributed by atoms with Crippen LogP contribution >= 0.6 is 0 Å². The fourth-order valence-corrected chi connectivity index (χ4v) is 1.62. The highest BCUT2D eigenvalue weighted by Gasteiger charge is 2.22. The molecule has 0 aliphatic rings. The zero-order valence-corrected chi connectivity index (χ0v) is 10.9. The van der Waals surface area contributed by atoms with Crippen LogP contribution in [-0.4, -0.2) is 12.5 Å². The Kier molecular flexibility index (Phi) is 4.43. The largest absolute Gasteiger partial charge is 0.354 e. The molecule has 0 aliphatic heterocycles. The summed E-state index contributed by atoms with van der Waals surface area (Å²) in [7, 11) is 0. The SMILES string of the molecule is Cc1cc(C(C)(C)CNC(=O)CC#N)ccc1F. The maximum Gasteiger partial charge on any atom is 0.234 e. The zero-order valence-electron chi connectivity index (χ0n) is 10.9. The van der Waals surface area contributed by atoms with Crippen LogP contribution in [-0.2, 0) is 10.2 Å². The van der Waals surface area contributed by atoms with Crippen LogP contribution in [0.1, 0.15) is 31.4 Å². The number of rotatable bonds is 4. The average molecular weight is 248 g/mol. The zero-order chi connectivity index (χ0) is 13.8.